The third kappa shape index (κ3) is 3.43. The van der Waals surface area contributed by atoms with Gasteiger partial charge in [0.1, 0.15) is 11.7 Å². The van der Waals surface area contributed by atoms with Crippen molar-refractivity contribution in [1.82, 2.24) is 0 Å². The molecule has 0 saturated heterocycles. The number of benzene rings is 1. The fraction of sp³-hybridized carbons (Fsp3) is 0.389. The summed E-state index contributed by atoms with van der Waals surface area (Å²) in [6, 6.07) is 5.55. The van der Waals surface area contributed by atoms with Crippen molar-refractivity contribution in [2.24, 2.45) is 0 Å². The third-order valence-corrected chi connectivity index (χ3v) is 6.09. The number of hydrogen-bond acceptors (Lipinski definition) is 4. The second-order valence-electron chi connectivity index (χ2n) is 6.56. The minimum atomic E-state index is -0.448. The Hall–Kier alpha value is -2.25. The molecule has 0 bridgehead atoms. The highest BCUT2D eigenvalue weighted by Gasteiger charge is 2.30. The molecule has 0 aliphatic carbocycles. The number of rotatable bonds is 4. The molecule has 132 valence electrons. The minimum Gasteiger partial charge on any atom is -0.321 e. The molecule has 1 unspecified atom stereocenters. The second kappa shape index (κ2) is 6.93. The first-order chi connectivity index (χ1) is 11.9. The maximum Gasteiger partial charge on any atom is 0.293 e. The van der Waals surface area contributed by atoms with Gasteiger partial charge in [0, 0.05) is 22.9 Å². The molecule has 2 atom stereocenters. The van der Waals surface area contributed by atoms with Crippen molar-refractivity contribution in [1.29, 1.82) is 0 Å². The maximum absolute atomic E-state index is 12.6. The summed E-state index contributed by atoms with van der Waals surface area (Å²) in [6.07, 6.45) is 0.976. The molecule has 6 nitrogen and oxygen atoms in total. The van der Waals surface area contributed by atoms with Gasteiger partial charge in [0.15, 0.2) is 6.54 Å². The average molecular weight is 360 g/mol. The normalized spacial score (nSPS) is 19.3. The number of carbonyl (C=O) groups excluding carboxylic acids is 1. The molecule has 25 heavy (non-hydrogen) atoms. The first-order valence-corrected chi connectivity index (χ1v) is 9.21. The van der Waals surface area contributed by atoms with Gasteiger partial charge in [-0.3, -0.25) is 14.9 Å². The molecule has 3 rings (SSSR count). The standard InChI is InChI=1S/C18H21N3O3S/c1-11-4-5-15(21(23)24)18(12(11)2)19-17(22)10-20-8-6-16-14(13(20)3)7-9-25-16/h4-5,7,9,13H,6,8,10H2,1-3H3,(H,19,22)/p+1/t13-/m1/s1. The monoisotopic (exact) mass is 360 g/mol. The van der Waals surface area contributed by atoms with E-state index in [9.17, 15) is 14.9 Å². The average Bonchev–Trinajstić information content (AvgIpc) is 3.04. The zero-order valence-electron chi connectivity index (χ0n) is 14.6. The number of nitrogens with zero attached hydrogens (tertiary/aromatic N) is 1. The van der Waals surface area contributed by atoms with Gasteiger partial charge in [0.2, 0.25) is 0 Å². The number of anilines is 1. The molecule has 0 fully saturated rings. The quantitative estimate of drug-likeness (QED) is 0.649. The second-order valence-corrected chi connectivity index (χ2v) is 7.56. The number of carbonyl (C=O) groups is 1. The fourth-order valence-corrected chi connectivity index (χ4v) is 4.37. The van der Waals surface area contributed by atoms with Gasteiger partial charge < -0.3 is 10.2 Å². The lowest BCUT2D eigenvalue weighted by Crippen LogP contribution is -3.14. The van der Waals surface area contributed by atoms with E-state index in [0.29, 0.717) is 12.2 Å². The summed E-state index contributed by atoms with van der Waals surface area (Å²) in [5.41, 5.74) is 3.23. The van der Waals surface area contributed by atoms with Crippen molar-refractivity contribution >= 4 is 28.6 Å². The Labute approximate surface area is 150 Å². The SMILES string of the molecule is Cc1ccc([N+](=O)[O-])c(NC(=O)C[NH+]2CCc3sccc3[C@H]2C)c1C. The molecule has 1 amide bonds. The molecule has 1 aliphatic rings. The molecule has 2 heterocycles. The summed E-state index contributed by atoms with van der Waals surface area (Å²) in [7, 11) is 0. The van der Waals surface area contributed by atoms with Gasteiger partial charge in [0.05, 0.1) is 11.5 Å². The molecule has 1 aromatic carbocycles. The molecule has 0 spiro atoms. The largest absolute Gasteiger partial charge is 0.321 e. The van der Waals surface area contributed by atoms with Crippen LogP contribution in [-0.4, -0.2) is 23.9 Å². The number of hydrogen-bond donors (Lipinski definition) is 2. The molecule has 2 aromatic rings. The molecule has 1 aromatic heterocycles. The summed E-state index contributed by atoms with van der Waals surface area (Å²) < 4.78 is 0. The van der Waals surface area contributed by atoms with Crippen molar-refractivity contribution in [2.45, 2.75) is 33.2 Å². The van der Waals surface area contributed by atoms with Crippen molar-refractivity contribution in [2.75, 3.05) is 18.4 Å². The maximum atomic E-state index is 12.6. The minimum absolute atomic E-state index is 0.0572. The number of aryl methyl sites for hydroxylation is 1. The number of thiophene rings is 1. The van der Waals surface area contributed by atoms with E-state index in [4.69, 9.17) is 0 Å². The van der Waals surface area contributed by atoms with E-state index in [1.165, 1.54) is 21.4 Å². The van der Waals surface area contributed by atoms with Crippen LogP contribution < -0.4 is 10.2 Å². The van der Waals surface area contributed by atoms with Crippen LogP contribution in [0.2, 0.25) is 0 Å². The lowest BCUT2D eigenvalue weighted by atomic mass is 10.0. The molecule has 0 saturated carbocycles. The first kappa shape index (κ1) is 17.6. The van der Waals surface area contributed by atoms with Crippen molar-refractivity contribution in [3.8, 4) is 0 Å². The number of fused-ring (bicyclic) bond motifs is 1. The van der Waals surface area contributed by atoms with Crippen molar-refractivity contribution in [3.63, 3.8) is 0 Å². The molecule has 7 heteroatoms. The fourth-order valence-electron chi connectivity index (χ4n) is 3.39. The number of nitrogens with one attached hydrogen (secondary N) is 2. The van der Waals surface area contributed by atoms with E-state index in [1.54, 1.807) is 24.3 Å². The van der Waals surface area contributed by atoms with Crippen LogP contribution in [0.5, 0.6) is 0 Å². The number of amides is 1. The van der Waals surface area contributed by atoms with E-state index in [2.05, 4.69) is 23.7 Å². The molecular weight excluding hydrogens is 338 g/mol. The molecular formula is C18H22N3O3S+. The van der Waals surface area contributed by atoms with Gasteiger partial charge in [-0.15, -0.1) is 11.3 Å². The van der Waals surface area contributed by atoms with Crippen LogP contribution in [0.25, 0.3) is 0 Å². The van der Waals surface area contributed by atoms with Crippen LogP contribution in [0, 0.1) is 24.0 Å². The summed E-state index contributed by atoms with van der Waals surface area (Å²) in [5, 5.41) is 16.2. The lowest BCUT2D eigenvalue weighted by molar-refractivity contribution is -0.923. The highest BCUT2D eigenvalue weighted by Crippen LogP contribution is 2.30. The van der Waals surface area contributed by atoms with Crippen molar-refractivity contribution in [3.05, 3.63) is 55.3 Å². The van der Waals surface area contributed by atoms with Gasteiger partial charge in [-0.2, -0.15) is 0 Å². The zero-order chi connectivity index (χ0) is 18.1. The Morgan fingerprint density at radius 1 is 1.40 bits per heavy atom. The van der Waals surface area contributed by atoms with E-state index >= 15 is 0 Å². The molecule has 0 radical (unpaired) electrons. The van der Waals surface area contributed by atoms with Gasteiger partial charge in [-0.25, -0.2) is 0 Å². The number of quaternary nitrogens is 1. The van der Waals surface area contributed by atoms with Gasteiger partial charge in [0.25, 0.3) is 11.6 Å². The third-order valence-electron chi connectivity index (χ3n) is 5.09. The Kier molecular flexibility index (Phi) is 4.87. The van der Waals surface area contributed by atoms with E-state index in [-0.39, 0.29) is 17.6 Å². The topological polar surface area (TPSA) is 76.7 Å². The van der Waals surface area contributed by atoms with Crippen molar-refractivity contribution < 1.29 is 14.6 Å². The zero-order valence-corrected chi connectivity index (χ0v) is 15.4. The van der Waals surface area contributed by atoms with Gasteiger partial charge in [-0.05, 0) is 43.3 Å². The van der Waals surface area contributed by atoms with Crippen LogP contribution in [0.3, 0.4) is 0 Å². The number of nitro benzene ring substituents is 1. The van der Waals surface area contributed by atoms with E-state index in [0.717, 1.165) is 24.1 Å². The van der Waals surface area contributed by atoms with Crippen LogP contribution in [0.4, 0.5) is 11.4 Å². The first-order valence-electron chi connectivity index (χ1n) is 8.33. The summed E-state index contributed by atoms with van der Waals surface area (Å²) in [5.74, 6) is -0.183. The predicted octanol–water partition coefficient (Wildman–Crippen LogP) is 2.41. The summed E-state index contributed by atoms with van der Waals surface area (Å²) >= 11 is 1.77. The molecule has 1 aliphatic heterocycles. The highest BCUT2D eigenvalue weighted by molar-refractivity contribution is 7.10. The predicted molar refractivity (Wildman–Crippen MR) is 98.3 cm³/mol. The van der Waals surface area contributed by atoms with Crippen LogP contribution >= 0.6 is 11.3 Å². The Bertz CT molecular complexity index is 831. The van der Waals surface area contributed by atoms with E-state index in [1.807, 2.05) is 6.92 Å². The Balaban J connectivity index is 1.76. The van der Waals surface area contributed by atoms with Gasteiger partial charge >= 0.3 is 0 Å². The molecule has 2 N–H and O–H groups in total. The Morgan fingerprint density at radius 3 is 2.88 bits per heavy atom. The lowest BCUT2D eigenvalue weighted by Gasteiger charge is -2.29. The highest BCUT2D eigenvalue weighted by atomic mass is 32.1. The summed E-state index contributed by atoms with van der Waals surface area (Å²) in [4.78, 5) is 26.0. The summed E-state index contributed by atoms with van der Waals surface area (Å²) in [6.45, 7) is 7.02. The van der Waals surface area contributed by atoms with Crippen LogP contribution in [0.1, 0.15) is 34.5 Å². The smallest absolute Gasteiger partial charge is 0.293 e. The van der Waals surface area contributed by atoms with Gasteiger partial charge in [-0.1, -0.05) is 6.07 Å². The van der Waals surface area contributed by atoms with Crippen LogP contribution in [0.15, 0.2) is 23.6 Å². The number of nitro groups is 1. The van der Waals surface area contributed by atoms with E-state index < -0.39 is 4.92 Å². The van der Waals surface area contributed by atoms with Crippen LogP contribution in [-0.2, 0) is 11.2 Å². The Morgan fingerprint density at radius 2 is 2.16 bits per heavy atom.